The SMILES string of the molecule is CC[N+](C)(C)CC(O)CCl.[Cl-]. The van der Waals surface area contributed by atoms with Crippen LogP contribution < -0.4 is 12.4 Å². The largest absolute Gasteiger partial charge is 1.00 e. The number of quaternary nitrogens is 1. The molecule has 0 aromatic heterocycles. The molecule has 1 N–H and O–H groups in total. The number of alkyl halides is 1. The van der Waals surface area contributed by atoms with Crippen LogP contribution >= 0.6 is 11.6 Å². The fourth-order valence-corrected chi connectivity index (χ4v) is 0.846. The number of nitrogens with zero attached hydrogens (tertiary/aromatic N) is 1. The lowest BCUT2D eigenvalue weighted by molar-refractivity contribution is -0.891. The Hall–Kier alpha value is 0.500. The molecule has 0 aliphatic carbocycles. The van der Waals surface area contributed by atoms with Gasteiger partial charge in [-0.25, -0.2) is 0 Å². The summed E-state index contributed by atoms with van der Waals surface area (Å²) >= 11 is 5.46. The molecule has 70 valence electrons. The van der Waals surface area contributed by atoms with E-state index in [4.69, 9.17) is 11.6 Å². The monoisotopic (exact) mass is 201 g/mol. The van der Waals surface area contributed by atoms with Crippen molar-refractivity contribution in [1.82, 2.24) is 0 Å². The molecule has 0 saturated heterocycles. The Kier molecular flexibility index (Phi) is 7.75. The molecule has 1 atom stereocenters. The van der Waals surface area contributed by atoms with E-state index < -0.39 is 0 Å². The first-order chi connectivity index (χ1) is 4.52. The molecule has 0 saturated carbocycles. The van der Waals surface area contributed by atoms with E-state index in [1.54, 1.807) is 0 Å². The van der Waals surface area contributed by atoms with Crippen LogP contribution in [0.25, 0.3) is 0 Å². The minimum atomic E-state index is -0.364. The highest BCUT2D eigenvalue weighted by Crippen LogP contribution is 1.99. The summed E-state index contributed by atoms with van der Waals surface area (Å²) in [6.45, 7) is 3.86. The highest BCUT2D eigenvalue weighted by molar-refractivity contribution is 6.18. The first-order valence-electron chi connectivity index (χ1n) is 3.58. The van der Waals surface area contributed by atoms with Crippen LogP contribution in [0.3, 0.4) is 0 Å². The van der Waals surface area contributed by atoms with Gasteiger partial charge in [0.1, 0.15) is 12.6 Å². The van der Waals surface area contributed by atoms with E-state index in [1.165, 1.54) is 0 Å². The van der Waals surface area contributed by atoms with Crippen LogP contribution in [0.2, 0.25) is 0 Å². The molecule has 0 aliphatic rings. The van der Waals surface area contributed by atoms with Gasteiger partial charge in [-0.2, -0.15) is 0 Å². The van der Waals surface area contributed by atoms with Gasteiger partial charge in [-0.3, -0.25) is 0 Å². The average Bonchev–Trinajstić information content (AvgIpc) is 1.87. The predicted octanol–water partition coefficient (Wildman–Crippen LogP) is -2.31. The van der Waals surface area contributed by atoms with Crippen molar-refractivity contribution >= 4 is 11.6 Å². The average molecular weight is 202 g/mol. The van der Waals surface area contributed by atoms with Crippen molar-refractivity contribution in [3.8, 4) is 0 Å². The maximum absolute atomic E-state index is 9.18. The van der Waals surface area contributed by atoms with Gasteiger partial charge in [0.15, 0.2) is 0 Å². The smallest absolute Gasteiger partial charge is 0.116 e. The summed E-state index contributed by atoms with van der Waals surface area (Å²) in [6, 6.07) is 0. The van der Waals surface area contributed by atoms with Crippen LogP contribution in [-0.2, 0) is 0 Å². The van der Waals surface area contributed by atoms with Crippen LogP contribution in [0, 0.1) is 0 Å². The van der Waals surface area contributed by atoms with Crippen molar-refractivity contribution in [2.24, 2.45) is 0 Å². The molecule has 0 aliphatic heterocycles. The molecular weight excluding hydrogens is 185 g/mol. The highest BCUT2D eigenvalue weighted by Gasteiger charge is 2.16. The molecule has 2 nitrogen and oxygen atoms in total. The molecule has 0 spiro atoms. The Labute approximate surface area is 80.1 Å². The third kappa shape index (κ3) is 6.88. The van der Waals surface area contributed by atoms with Crippen molar-refractivity contribution in [1.29, 1.82) is 0 Å². The van der Waals surface area contributed by atoms with Crippen molar-refractivity contribution in [3.05, 3.63) is 0 Å². The molecular formula is C7H17Cl2NO. The Balaban J connectivity index is 0. The van der Waals surface area contributed by atoms with E-state index >= 15 is 0 Å². The van der Waals surface area contributed by atoms with Crippen molar-refractivity contribution in [3.63, 3.8) is 0 Å². The second kappa shape index (κ2) is 6.06. The molecule has 1 unspecified atom stereocenters. The first-order valence-corrected chi connectivity index (χ1v) is 4.11. The zero-order chi connectivity index (χ0) is 8.20. The molecule has 0 aromatic carbocycles. The van der Waals surface area contributed by atoms with Gasteiger partial charge in [-0.05, 0) is 6.92 Å². The summed E-state index contributed by atoms with van der Waals surface area (Å²) in [5.74, 6) is 0.335. The maximum atomic E-state index is 9.18. The summed E-state index contributed by atoms with van der Waals surface area (Å²) in [5, 5.41) is 9.18. The summed E-state index contributed by atoms with van der Waals surface area (Å²) in [6.07, 6.45) is -0.364. The number of rotatable bonds is 4. The van der Waals surface area contributed by atoms with E-state index in [9.17, 15) is 5.11 Å². The number of hydrogen-bond donors (Lipinski definition) is 1. The Bertz CT molecular complexity index is 98.4. The van der Waals surface area contributed by atoms with Crippen LogP contribution in [-0.4, -0.2) is 48.8 Å². The van der Waals surface area contributed by atoms with Gasteiger partial charge in [0.05, 0.1) is 26.5 Å². The number of hydrogen-bond acceptors (Lipinski definition) is 1. The fraction of sp³-hybridized carbons (Fsp3) is 1.00. The molecule has 0 heterocycles. The molecule has 0 rings (SSSR count). The zero-order valence-corrected chi connectivity index (χ0v) is 8.86. The van der Waals surface area contributed by atoms with Crippen LogP contribution in [0.5, 0.6) is 0 Å². The summed E-state index contributed by atoms with van der Waals surface area (Å²) in [5.41, 5.74) is 0. The molecule has 0 radical (unpaired) electrons. The molecule has 0 fully saturated rings. The van der Waals surface area contributed by atoms with Crippen LogP contribution in [0.4, 0.5) is 0 Å². The Morgan fingerprint density at radius 3 is 2.18 bits per heavy atom. The number of halogens is 2. The van der Waals surface area contributed by atoms with E-state index in [-0.39, 0.29) is 18.5 Å². The lowest BCUT2D eigenvalue weighted by Crippen LogP contribution is -3.00. The highest BCUT2D eigenvalue weighted by atomic mass is 35.5. The van der Waals surface area contributed by atoms with Gasteiger partial charge in [-0.1, -0.05) is 0 Å². The molecule has 0 bridgehead atoms. The van der Waals surface area contributed by atoms with Gasteiger partial charge in [0, 0.05) is 0 Å². The van der Waals surface area contributed by atoms with Crippen molar-refractivity contribution < 1.29 is 22.0 Å². The van der Waals surface area contributed by atoms with Gasteiger partial charge in [-0.15, -0.1) is 11.6 Å². The normalized spacial score (nSPS) is 13.9. The number of aliphatic hydroxyl groups is 1. The minimum absolute atomic E-state index is 0. The van der Waals surface area contributed by atoms with Gasteiger partial charge >= 0.3 is 0 Å². The second-order valence-corrected chi connectivity index (χ2v) is 3.55. The van der Waals surface area contributed by atoms with E-state index in [1.807, 2.05) is 0 Å². The Morgan fingerprint density at radius 2 is 1.91 bits per heavy atom. The van der Waals surface area contributed by atoms with E-state index in [0.29, 0.717) is 5.88 Å². The first kappa shape index (κ1) is 14.0. The lowest BCUT2D eigenvalue weighted by atomic mass is 10.3. The van der Waals surface area contributed by atoms with Crippen molar-refractivity contribution in [2.75, 3.05) is 33.1 Å². The van der Waals surface area contributed by atoms with Crippen LogP contribution in [0.1, 0.15) is 6.92 Å². The zero-order valence-electron chi connectivity index (χ0n) is 7.35. The van der Waals surface area contributed by atoms with E-state index in [0.717, 1.165) is 17.6 Å². The van der Waals surface area contributed by atoms with Gasteiger partial charge < -0.3 is 22.0 Å². The summed E-state index contributed by atoms with van der Waals surface area (Å²) in [4.78, 5) is 0. The minimum Gasteiger partial charge on any atom is -1.00 e. The molecule has 0 amide bonds. The van der Waals surface area contributed by atoms with Gasteiger partial charge in [0.2, 0.25) is 0 Å². The standard InChI is InChI=1S/C7H17ClNO.ClH/c1-4-9(2,3)6-7(10)5-8;/h7,10H,4-6H2,1-3H3;1H/q+1;/p-1. The van der Waals surface area contributed by atoms with Gasteiger partial charge in [0.25, 0.3) is 0 Å². The van der Waals surface area contributed by atoms with Crippen molar-refractivity contribution in [2.45, 2.75) is 13.0 Å². The third-order valence-corrected chi connectivity index (χ3v) is 2.10. The summed E-state index contributed by atoms with van der Waals surface area (Å²) in [7, 11) is 4.16. The Morgan fingerprint density at radius 1 is 1.45 bits per heavy atom. The number of likely N-dealkylation sites (N-methyl/N-ethyl adjacent to an activating group) is 1. The second-order valence-electron chi connectivity index (χ2n) is 3.24. The lowest BCUT2D eigenvalue weighted by Gasteiger charge is -2.29. The van der Waals surface area contributed by atoms with Crippen LogP contribution in [0.15, 0.2) is 0 Å². The predicted molar refractivity (Wildman–Crippen MR) is 44.2 cm³/mol. The molecule has 11 heavy (non-hydrogen) atoms. The molecule has 0 aromatic rings. The fourth-order valence-electron chi connectivity index (χ4n) is 0.748. The molecule has 4 heteroatoms. The third-order valence-electron chi connectivity index (χ3n) is 1.74. The maximum Gasteiger partial charge on any atom is 0.116 e. The van der Waals surface area contributed by atoms with E-state index in [2.05, 4.69) is 21.0 Å². The topological polar surface area (TPSA) is 20.2 Å². The quantitative estimate of drug-likeness (QED) is 0.401. The summed E-state index contributed by atoms with van der Waals surface area (Å²) < 4.78 is 0.827. The number of aliphatic hydroxyl groups excluding tert-OH is 1.